The normalized spacial score (nSPS) is 16.0. The quantitative estimate of drug-likeness (QED) is 0.752. The highest BCUT2D eigenvalue weighted by Crippen LogP contribution is 2.28. The van der Waals surface area contributed by atoms with Gasteiger partial charge in [0.05, 0.1) is 5.60 Å². The maximum atomic E-state index is 12.6. The van der Waals surface area contributed by atoms with Crippen molar-refractivity contribution < 1.29 is 14.6 Å². The number of likely N-dealkylation sites (tertiary alicyclic amines) is 1. The van der Waals surface area contributed by atoms with Gasteiger partial charge in [0, 0.05) is 24.8 Å². The van der Waals surface area contributed by atoms with Gasteiger partial charge in [-0.05, 0) is 43.5 Å². The first-order chi connectivity index (χ1) is 13.1. The van der Waals surface area contributed by atoms with Gasteiger partial charge in [-0.2, -0.15) is 0 Å². The van der Waals surface area contributed by atoms with Gasteiger partial charge in [0.25, 0.3) is 0 Å². The Bertz CT molecular complexity index is 740. The molecule has 1 aliphatic heterocycles. The number of hydrogen-bond acceptors (Lipinski definition) is 3. The van der Waals surface area contributed by atoms with Crippen LogP contribution < -0.4 is 10.1 Å². The highest BCUT2D eigenvalue weighted by Gasteiger charge is 2.33. The molecule has 2 aromatic rings. The summed E-state index contributed by atoms with van der Waals surface area (Å²) in [5.74, 6) is 1.43. The van der Waals surface area contributed by atoms with Crippen LogP contribution in [0.5, 0.6) is 11.5 Å². The summed E-state index contributed by atoms with van der Waals surface area (Å²) >= 11 is 0. The number of ether oxygens (including phenoxy) is 1. The van der Waals surface area contributed by atoms with E-state index in [0.29, 0.717) is 37.4 Å². The predicted octanol–water partition coefficient (Wildman–Crippen LogP) is 5.03. The molecule has 1 fully saturated rings. The van der Waals surface area contributed by atoms with Gasteiger partial charge in [-0.3, -0.25) is 0 Å². The molecular weight excluding hydrogens is 340 g/mol. The predicted molar refractivity (Wildman–Crippen MR) is 107 cm³/mol. The highest BCUT2D eigenvalue weighted by molar-refractivity contribution is 5.89. The Kier molecular flexibility index (Phi) is 6.35. The van der Waals surface area contributed by atoms with E-state index in [1.54, 1.807) is 4.90 Å². The fourth-order valence-corrected chi connectivity index (χ4v) is 3.35. The summed E-state index contributed by atoms with van der Waals surface area (Å²) < 4.78 is 5.81. The zero-order valence-corrected chi connectivity index (χ0v) is 15.9. The van der Waals surface area contributed by atoms with Crippen molar-refractivity contribution in [1.29, 1.82) is 0 Å². The first kappa shape index (κ1) is 19.2. The first-order valence-electron chi connectivity index (χ1n) is 9.69. The Morgan fingerprint density at radius 1 is 1.11 bits per heavy atom. The molecule has 3 rings (SSSR count). The molecule has 0 radical (unpaired) electrons. The molecule has 144 valence electrons. The van der Waals surface area contributed by atoms with E-state index in [1.165, 1.54) is 0 Å². The number of nitrogens with zero attached hydrogens (tertiary/aromatic N) is 1. The molecule has 0 atom stereocenters. The van der Waals surface area contributed by atoms with Crippen LogP contribution in [0.1, 0.15) is 39.0 Å². The monoisotopic (exact) mass is 368 g/mol. The van der Waals surface area contributed by atoms with Crippen LogP contribution in [-0.2, 0) is 0 Å². The van der Waals surface area contributed by atoms with Crippen LogP contribution in [0.15, 0.2) is 54.6 Å². The second-order valence-electron chi connectivity index (χ2n) is 7.19. The van der Waals surface area contributed by atoms with Crippen molar-refractivity contribution >= 4 is 11.7 Å². The number of hydrogen-bond donors (Lipinski definition) is 2. The smallest absolute Gasteiger partial charge is 0.321 e. The van der Waals surface area contributed by atoms with Gasteiger partial charge in [0.15, 0.2) is 0 Å². The van der Waals surface area contributed by atoms with Crippen molar-refractivity contribution in [2.24, 2.45) is 0 Å². The molecule has 5 heteroatoms. The average molecular weight is 368 g/mol. The Morgan fingerprint density at radius 2 is 1.81 bits per heavy atom. The maximum absolute atomic E-state index is 12.6. The number of piperidine rings is 1. The number of para-hydroxylation sites is 1. The molecule has 0 unspecified atom stereocenters. The number of urea groups is 1. The van der Waals surface area contributed by atoms with E-state index in [1.807, 2.05) is 54.6 Å². The molecule has 0 aliphatic carbocycles. The van der Waals surface area contributed by atoms with Gasteiger partial charge < -0.3 is 20.1 Å². The summed E-state index contributed by atoms with van der Waals surface area (Å²) in [5.41, 5.74) is 0.0798. The third-order valence-corrected chi connectivity index (χ3v) is 5.04. The summed E-state index contributed by atoms with van der Waals surface area (Å²) in [5, 5.41) is 13.5. The van der Waals surface area contributed by atoms with Crippen LogP contribution >= 0.6 is 0 Å². The standard InChI is InChI=1S/C22H28N2O3/c1-2-3-12-22(26)13-15-24(16-14-22)21(25)23-18-8-7-11-20(17-18)27-19-9-5-4-6-10-19/h4-11,17,26H,2-3,12-16H2,1H3,(H,23,25). The molecule has 1 saturated heterocycles. The third kappa shape index (κ3) is 5.47. The number of benzene rings is 2. The Balaban J connectivity index is 1.55. The van der Waals surface area contributed by atoms with Crippen molar-refractivity contribution in [2.45, 2.75) is 44.6 Å². The molecule has 1 heterocycles. The summed E-state index contributed by atoms with van der Waals surface area (Å²) in [7, 11) is 0. The van der Waals surface area contributed by atoms with E-state index in [4.69, 9.17) is 4.74 Å². The second kappa shape index (κ2) is 8.91. The minimum atomic E-state index is -0.615. The largest absolute Gasteiger partial charge is 0.457 e. The van der Waals surface area contributed by atoms with Gasteiger partial charge in [0.2, 0.25) is 0 Å². The first-order valence-corrected chi connectivity index (χ1v) is 9.69. The van der Waals surface area contributed by atoms with Gasteiger partial charge in [-0.15, -0.1) is 0 Å². The SMILES string of the molecule is CCCCC1(O)CCN(C(=O)Nc2cccc(Oc3ccccc3)c2)CC1. The highest BCUT2D eigenvalue weighted by atomic mass is 16.5. The van der Waals surface area contributed by atoms with E-state index < -0.39 is 5.60 Å². The molecule has 27 heavy (non-hydrogen) atoms. The molecule has 0 spiro atoms. The lowest BCUT2D eigenvalue weighted by Gasteiger charge is -2.38. The summed E-state index contributed by atoms with van der Waals surface area (Å²) in [6.45, 7) is 3.28. The van der Waals surface area contributed by atoms with E-state index in [0.717, 1.165) is 25.0 Å². The molecule has 1 aliphatic rings. The van der Waals surface area contributed by atoms with Crippen LogP contribution in [0.2, 0.25) is 0 Å². The number of unbranched alkanes of at least 4 members (excludes halogenated alkanes) is 1. The van der Waals surface area contributed by atoms with Crippen molar-refractivity contribution in [3.05, 3.63) is 54.6 Å². The zero-order valence-electron chi connectivity index (χ0n) is 15.9. The molecule has 2 amide bonds. The lowest BCUT2D eigenvalue weighted by Crippen LogP contribution is -2.48. The number of aliphatic hydroxyl groups is 1. The zero-order chi connectivity index (χ0) is 19.1. The minimum absolute atomic E-state index is 0.135. The van der Waals surface area contributed by atoms with Crippen molar-refractivity contribution in [1.82, 2.24) is 4.90 Å². The Hall–Kier alpha value is -2.53. The van der Waals surface area contributed by atoms with E-state index in [9.17, 15) is 9.90 Å². The Morgan fingerprint density at radius 3 is 2.52 bits per heavy atom. The van der Waals surface area contributed by atoms with E-state index in [-0.39, 0.29) is 6.03 Å². The topological polar surface area (TPSA) is 61.8 Å². The van der Waals surface area contributed by atoms with Gasteiger partial charge in [-0.1, -0.05) is 44.0 Å². The molecule has 0 bridgehead atoms. The number of rotatable bonds is 6. The molecule has 0 saturated carbocycles. The van der Waals surface area contributed by atoms with Gasteiger partial charge >= 0.3 is 6.03 Å². The second-order valence-corrected chi connectivity index (χ2v) is 7.19. The number of carbonyl (C=O) groups is 1. The van der Waals surface area contributed by atoms with Crippen LogP contribution in [0.25, 0.3) is 0 Å². The average Bonchev–Trinajstić information content (AvgIpc) is 2.68. The minimum Gasteiger partial charge on any atom is -0.457 e. The third-order valence-electron chi connectivity index (χ3n) is 5.04. The fraction of sp³-hybridized carbons (Fsp3) is 0.409. The van der Waals surface area contributed by atoms with Crippen LogP contribution in [0, 0.1) is 0 Å². The molecule has 2 aromatic carbocycles. The summed E-state index contributed by atoms with van der Waals surface area (Å²) in [6, 6.07) is 16.8. The van der Waals surface area contributed by atoms with Crippen molar-refractivity contribution in [3.8, 4) is 11.5 Å². The van der Waals surface area contributed by atoms with Gasteiger partial charge in [-0.25, -0.2) is 4.79 Å². The van der Waals surface area contributed by atoms with E-state index >= 15 is 0 Å². The molecule has 0 aromatic heterocycles. The number of carbonyl (C=O) groups excluding carboxylic acids is 1. The lowest BCUT2D eigenvalue weighted by molar-refractivity contribution is -0.0194. The van der Waals surface area contributed by atoms with Crippen LogP contribution in [-0.4, -0.2) is 34.7 Å². The maximum Gasteiger partial charge on any atom is 0.321 e. The summed E-state index contributed by atoms with van der Waals surface area (Å²) in [6.07, 6.45) is 4.19. The molecule has 5 nitrogen and oxygen atoms in total. The van der Waals surface area contributed by atoms with Gasteiger partial charge in [0.1, 0.15) is 11.5 Å². The van der Waals surface area contributed by atoms with Crippen LogP contribution in [0.3, 0.4) is 0 Å². The fourth-order valence-electron chi connectivity index (χ4n) is 3.35. The number of nitrogens with one attached hydrogen (secondary N) is 1. The molecular formula is C22H28N2O3. The van der Waals surface area contributed by atoms with Crippen molar-refractivity contribution in [2.75, 3.05) is 18.4 Å². The summed E-state index contributed by atoms with van der Waals surface area (Å²) in [4.78, 5) is 14.3. The van der Waals surface area contributed by atoms with E-state index in [2.05, 4.69) is 12.2 Å². The molecule has 2 N–H and O–H groups in total. The number of amides is 2. The van der Waals surface area contributed by atoms with Crippen molar-refractivity contribution in [3.63, 3.8) is 0 Å². The number of anilines is 1. The Labute approximate surface area is 161 Å². The lowest BCUT2D eigenvalue weighted by atomic mass is 9.87. The van der Waals surface area contributed by atoms with Crippen LogP contribution in [0.4, 0.5) is 10.5 Å².